The van der Waals surface area contributed by atoms with E-state index in [9.17, 15) is 18.0 Å². The summed E-state index contributed by atoms with van der Waals surface area (Å²) >= 11 is 0. The lowest BCUT2D eigenvalue weighted by Gasteiger charge is -2.11. The lowest BCUT2D eigenvalue weighted by Crippen LogP contribution is -2.24. The van der Waals surface area contributed by atoms with Crippen LogP contribution in [0.2, 0.25) is 0 Å². The largest absolute Gasteiger partial charge is 0.355 e. The van der Waals surface area contributed by atoms with Gasteiger partial charge in [0.15, 0.2) is 0 Å². The second kappa shape index (κ2) is 8.29. The number of nitrogens with one attached hydrogen (secondary N) is 3. The molecule has 2 aromatic rings. The highest BCUT2D eigenvalue weighted by Gasteiger charge is 2.17. The number of carbonyl (C=O) groups excluding carboxylic acids is 2. The minimum atomic E-state index is -3.81. The van der Waals surface area contributed by atoms with Gasteiger partial charge in [-0.3, -0.25) is 9.59 Å². The van der Waals surface area contributed by atoms with Crippen LogP contribution in [0.25, 0.3) is 0 Å². The molecule has 0 aliphatic rings. The maximum atomic E-state index is 12.5. The molecule has 0 aromatic heterocycles. The Labute approximate surface area is 151 Å². The van der Waals surface area contributed by atoms with Crippen LogP contribution in [-0.2, 0) is 10.0 Å². The minimum Gasteiger partial charge on any atom is -0.355 e. The molecule has 0 fully saturated rings. The number of hydrogen-bond acceptors (Lipinski definition) is 4. The van der Waals surface area contributed by atoms with Crippen LogP contribution in [0.5, 0.6) is 0 Å². The van der Waals surface area contributed by atoms with Crippen molar-refractivity contribution in [1.82, 2.24) is 10.0 Å². The summed E-state index contributed by atoms with van der Waals surface area (Å²) in [6.45, 7) is -0.155. The van der Waals surface area contributed by atoms with E-state index >= 15 is 0 Å². The molecule has 8 heteroatoms. The van der Waals surface area contributed by atoms with E-state index < -0.39 is 15.9 Å². The number of anilines is 1. The monoisotopic (exact) mass is 371 g/mol. The molecule has 0 saturated heterocycles. The highest BCUT2D eigenvalue weighted by atomic mass is 32.2. The number of hydrogen-bond donors (Lipinski definition) is 3. The van der Waals surface area contributed by atoms with Gasteiger partial charge in [0.25, 0.3) is 11.8 Å². The third-order valence-corrected chi connectivity index (χ3v) is 4.82. The van der Waals surface area contributed by atoms with Crippen molar-refractivity contribution in [1.29, 1.82) is 0 Å². The average molecular weight is 371 g/mol. The summed E-state index contributed by atoms with van der Waals surface area (Å²) < 4.78 is 26.5. The van der Waals surface area contributed by atoms with Crippen LogP contribution >= 0.6 is 0 Å². The number of benzene rings is 2. The van der Waals surface area contributed by atoms with Gasteiger partial charge in [-0.15, -0.1) is 6.42 Å². The first kappa shape index (κ1) is 19.2. The molecule has 0 aliphatic carbocycles. The van der Waals surface area contributed by atoms with Gasteiger partial charge >= 0.3 is 0 Å². The fourth-order valence-corrected chi connectivity index (χ4v) is 3.12. The molecule has 0 heterocycles. The van der Waals surface area contributed by atoms with E-state index in [0.29, 0.717) is 11.3 Å². The molecule has 2 amide bonds. The zero-order valence-corrected chi connectivity index (χ0v) is 14.8. The van der Waals surface area contributed by atoms with E-state index in [1.807, 2.05) is 0 Å². The van der Waals surface area contributed by atoms with E-state index in [4.69, 9.17) is 6.42 Å². The molecule has 134 valence electrons. The molecule has 2 aromatic carbocycles. The molecule has 0 saturated carbocycles. The van der Waals surface area contributed by atoms with Crippen LogP contribution in [0.4, 0.5) is 5.69 Å². The van der Waals surface area contributed by atoms with Gasteiger partial charge in [0.2, 0.25) is 10.0 Å². The summed E-state index contributed by atoms with van der Waals surface area (Å²) in [6, 6.07) is 12.0. The van der Waals surface area contributed by atoms with Gasteiger partial charge in [-0.05, 0) is 30.3 Å². The fourth-order valence-electron chi connectivity index (χ4n) is 2.14. The molecule has 0 atom stereocenters. The molecule has 7 nitrogen and oxygen atoms in total. The first-order valence-electron chi connectivity index (χ1n) is 7.54. The SMILES string of the molecule is C#CCNS(=O)(=O)c1cccc(C(=O)Nc2ccccc2C(=O)NC)c1. The van der Waals surface area contributed by atoms with E-state index in [1.54, 1.807) is 24.3 Å². The maximum absolute atomic E-state index is 12.5. The summed E-state index contributed by atoms with van der Waals surface area (Å²) in [4.78, 5) is 24.3. The van der Waals surface area contributed by atoms with Crippen LogP contribution in [0.1, 0.15) is 20.7 Å². The van der Waals surface area contributed by atoms with E-state index in [2.05, 4.69) is 21.3 Å². The number of terminal acetylenes is 1. The minimum absolute atomic E-state index is 0.0833. The molecule has 0 spiro atoms. The van der Waals surface area contributed by atoms with Crippen LogP contribution < -0.4 is 15.4 Å². The molecule has 2 rings (SSSR count). The van der Waals surface area contributed by atoms with Crippen molar-refractivity contribution >= 4 is 27.5 Å². The maximum Gasteiger partial charge on any atom is 0.255 e. The molecule has 0 unspecified atom stereocenters. The van der Waals surface area contributed by atoms with Crippen molar-refractivity contribution in [2.45, 2.75) is 4.90 Å². The van der Waals surface area contributed by atoms with Crippen molar-refractivity contribution in [2.75, 3.05) is 18.9 Å². The van der Waals surface area contributed by atoms with Gasteiger partial charge in [-0.25, -0.2) is 8.42 Å². The number of rotatable bonds is 6. The Bertz CT molecular complexity index is 978. The van der Waals surface area contributed by atoms with Gasteiger partial charge in [-0.2, -0.15) is 4.72 Å². The molecular weight excluding hydrogens is 354 g/mol. The Kier molecular flexibility index (Phi) is 6.11. The molecule has 0 aliphatic heterocycles. The van der Waals surface area contributed by atoms with Crippen molar-refractivity contribution in [2.24, 2.45) is 0 Å². The van der Waals surface area contributed by atoms with E-state index in [1.165, 1.54) is 31.3 Å². The van der Waals surface area contributed by atoms with Crippen LogP contribution in [0.3, 0.4) is 0 Å². The van der Waals surface area contributed by atoms with Gasteiger partial charge < -0.3 is 10.6 Å². The molecule has 3 N–H and O–H groups in total. The normalized spacial score (nSPS) is 10.6. The first-order valence-corrected chi connectivity index (χ1v) is 9.03. The Morgan fingerprint density at radius 1 is 1.08 bits per heavy atom. The van der Waals surface area contributed by atoms with Crippen molar-refractivity contribution in [3.8, 4) is 12.3 Å². The predicted molar refractivity (Wildman–Crippen MR) is 98.2 cm³/mol. The van der Waals surface area contributed by atoms with E-state index in [-0.39, 0.29) is 22.9 Å². The van der Waals surface area contributed by atoms with Gasteiger partial charge in [0.1, 0.15) is 0 Å². The number of amides is 2. The Morgan fingerprint density at radius 3 is 2.50 bits per heavy atom. The van der Waals surface area contributed by atoms with Crippen molar-refractivity contribution in [3.05, 3.63) is 59.7 Å². The summed E-state index contributed by atoms with van der Waals surface area (Å²) in [6.07, 6.45) is 5.05. The topological polar surface area (TPSA) is 104 Å². The zero-order chi connectivity index (χ0) is 19.2. The van der Waals surface area contributed by atoms with Gasteiger partial charge in [0, 0.05) is 12.6 Å². The third-order valence-electron chi connectivity index (χ3n) is 3.42. The molecular formula is C18H17N3O4S. The quantitative estimate of drug-likeness (QED) is 0.664. The standard InChI is InChI=1S/C18H17N3O4S/c1-3-11-20-26(24,25)14-8-6-7-13(12-14)17(22)21-16-10-5-4-9-15(16)18(23)19-2/h1,4-10,12,20H,11H2,2H3,(H,19,23)(H,21,22). The number of para-hydroxylation sites is 1. The van der Waals surface area contributed by atoms with Crippen LogP contribution in [-0.4, -0.2) is 33.8 Å². The Hall–Kier alpha value is -3.15. The molecule has 26 heavy (non-hydrogen) atoms. The van der Waals surface area contributed by atoms with Crippen LogP contribution in [0, 0.1) is 12.3 Å². The fraction of sp³-hybridized carbons (Fsp3) is 0.111. The van der Waals surface area contributed by atoms with Gasteiger partial charge in [0.05, 0.1) is 22.7 Å². The lowest BCUT2D eigenvalue weighted by atomic mass is 10.1. The van der Waals surface area contributed by atoms with E-state index in [0.717, 1.165) is 0 Å². The van der Waals surface area contributed by atoms with Crippen LogP contribution in [0.15, 0.2) is 53.4 Å². The third kappa shape index (κ3) is 4.47. The van der Waals surface area contributed by atoms with Gasteiger partial charge in [-0.1, -0.05) is 24.1 Å². The van der Waals surface area contributed by atoms with Crippen molar-refractivity contribution in [3.63, 3.8) is 0 Å². The second-order valence-corrected chi connectivity index (χ2v) is 6.90. The smallest absolute Gasteiger partial charge is 0.255 e. The highest BCUT2D eigenvalue weighted by molar-refractivity contribution is 7.89. The highest BCUT2D eigenvalue weighted by Crippen LogP contribution is 2.17. The first-order chi connectivity index (χ1) is 12.4. The average Bonchev–Trinajstić information content (AvgIpc) is 2.66. The summed E-state index contributed by atoms with van der Waals surface area (Å²) in [5.74, 6) is 1.28. The lowest BCUT2D eigenvalue weighted by molar-refractivity contribution is 0.0964. The second-order valence-electron chi connectivity index (χ2n) is 5.14. The predicted octanol–water partition coefficient (Wildman–Crippen LogP) is 1.21. The Balaban J connectivity index is 2.29. The zero-order valence-electron chi connectivity index (χ0n) is 13.9. The molecule has 0 radical (unpaired) electrons. The summed E-state index contributed by atoms with van der Waals surface area (Å²) in [7, 11) is -2.33. The Morgan fingerprint density at radius 2 is 1.81 bits per heavy atom. The number of sulfonamides is 1. The summed E-state index contributed by atoms with van der Waals surface area (Å²) in [5.41, 5.74) is 0.735. The summed E-state index contributed by atoms with van der Waals surface area (Å²) in [5, 5.41) is 5.11. The van der Waals surface area contributed by atoms with Crippen molar-refractivity contribution < 1.29 is 18.0 Å². The number of carbonyl (C=O) groups is 2. The molecule has 0 bridgehead atoms.